The molecule has 2 aromatic rings. The number of carboxylic acid groups (broad SMARTS) is 1. The number of aliphatic carboxylic acids is 1. The zero-order valence-corrected chi connectivity index (χ0v) is 13.8. The van der Waals surface area contributed by atoms with Crippen molar-refractivity contribution < 1.29 is 9.90 Å². The van der Waals surface area contributed by atoms with E-state index in [0.29, 0.717) is 5.92 Å². The van der Waals surface area contributed by atoms with Crippen molar-refractivity contribution in [3.63, 3.8) is 0 Å². The molecule has 0 amide bonds. The van der Waals surface area contributed by atoms with Crippen LogP contribution in [0.25, 0.3) is 0 Å². The summed E-state index contributed by atoms with van der Waals surface area (Å²) in [5, 5.41) is 8.85. The third kappa shape index (κ3) is 6.53. The highest BCUT2D eigenvalue weighted by Gasteiger charge is 2.12. The maximum atomic E-state index is 10.8. The molecule has 3 nitrogen and oxygen atoms in total. The van der Waals surface area contributed by atoms with Gasteiger partial charge in [0.05, 0.1) is 5.92 Å². The van der Waals surface area contributed by atoms with Crippen LogP contribution in [0.15, 0.2) is 48.7 Å². The number of hydrogen-bond acceptors (Lipinski definition) is 2. The maximum absolute atomic E-state index is 10.8. The van der Waals surface area contributed by atoms with Gasteiger partial charge in [0.1, 0.15) is 0 Å². The molecule has 1 aromatic carbocycles. The van der Waals surface area contributed by atoms with Crippen molar-refractivity contribution in [2.75, 3.05) is 0 Å². The Balaban J connectivity index is 0.000000287. The van der Waals surface area contributed by atoms with Gasteiger partial charge >= 0.3 is 5.97 Å². The van der Waals surface area contributed by atoms with Crippen molar-refractivity contribution in [2.24, 2.45) is 5.92 Å². The second kappa shape index (κ2) is 8.98. The van der Waals surface area contributed by atoms with Crippen LogP contribution in [0, 0.1) is 12.8 Å². The number of aromatic nitrogens is 1. The van der Waals surface area contributed by atoms with E-state index in [1.807, 2.05) is 49.4 Å². The fraction of sp³-hybridized carbons (Fsp3) is 0.368. The summed E-state index contributed by atoms with van der Waals surface area (Å²) in [6.45, 7) is 8.03. The van der Waals surface area contributed by atoms with E-state index in [2.05, 4.69) is 18.8 Å². The van der Waals surface area contributed by atoms with E-state index >= 15 is 0 Å². The van der Waals surface area contributed by atoms with Crippen LogP contribution in [0.5, 0.6) is 0 Å². The number of rotatable bonds is 4. The van der Waals surface area contributed by atoms with E-state index in [1.54, 1.807) is 13.1 Å². The number of nitrogens with zero attached hydrogens (tertiary/aromatic N) is 1. The van der Waals surface area contributed by atoms with E-state index in [9.17, 15) is 4.79 Å². The van der Waals surface area contributed by atoms with Gasteiger partial charge in [0.2, 0.25) is 0 Å². The molecule has 118 valence electrons. The predicted molar refractivity (Wildman–Crippen MR) is 90.0 cm³/mol. The lowest BCUT2D eigenvalue weighted by molar-refractivity contribution is -0.138. The third-order valence-electron chi connectivity index (χ3n) is 3.31. The fourth-order valence-corrected chi connectivity index (χ4v) is 2.00. The van der Waals surface area contributed by atoms with Crippen LogP contribution in [-0.4, -0.2) is 16.1 Å². The molecule has 0 saturated carbocycles. The van der Waals surface area contributed by atoms with Gasteiger partial charge < -0.3 is 5.11 Å². The molecule has 1 atom stereocenters. The van der Waals surface area contributed by atoms with E-state index < -0.39 is 11.9 Å². The molecule has 0 radical (unpaired) electrons. The Hall–Kier alpha value is -2.16. The molecule has 1 N–H and O–H groups in total. The first-order valence-corrected chi connectivity index (χ1v) is 7.59. The zero-order chi connectivity index (χ0) is 16.5. The average molecular weight is 299 g/mol. The molecular weight excluding hydrogens is 274 g/mol. The lowest BCUT2D eigenvalue weighted by Crippen LogP contribution is -2.07. The Kier molecular flexibility index (Phi) is 7.30. The largest absolute Gasteiger partial charge is 0.481 e. The average Bonchev–Trinajstić information content (AvgIpc) is 2.48. The minimum atomic E-state index is -0.772. The molecular formula is C19H25NO2. The topological polar surface area (TPSA) is 50.2 Å². The fourth-order valence-electron chi connectivity index (χ4n) is 2.00. The third-order valence-corrected chi connectivity index (χ3v) is 3.31. The molecule has 22 heavy (non-hydrogen) atoms. The summed E-state index contributed by atoms with van der Waals surface area (Å²) in [6.07, 6.45) is 2.83. The number of aryl methyl sites for hydroxylation is 1. The van der Waals surface area contributed by atoms with Crippen molar-refractivity contribution in [2.45, 2.75) is 40.0 Å². The van der Waals surface area contributed by atoms with E-state index in [-0.39, 0.29) is 0 Å². The van der Waals surface area contributed by atoms with Crippen molar-refractivity contribution in [1.82, 2.24) is 4.98 Å². The summed E-state index contributed by atoms with van der Waals surface area (Å²) in [5.41, 5.74) is 3.21. The Bertz CT molecular complexity index is 562. The highest BCUT2D eigenvalue weighted by molar-refractivity contribution is 5.75. The van der Waals surface area contributed by atoms with Crippen molar-refractivity contribution in [3.8, 4) is 0 Å². The monoisotopic (exact) mass is 299 g/mol. The lowest BCUT2D eigenvalue weighted by Gasteiger charge is -2.09. The van der Waals surface area contributed by atoms with Gasteiger partial charge in [0.15, 0.2) is 0 Å². The van der Waals surface area contributed by atoms with Gasteiger partial charge in [-0.3, -0.25) is 9.78 Å². The van der Waals surface area contributed by atoms with Crippen LogP contribution in [-0.2, 0) is 11.2 Å². The molecule has 2 rings (SSSR count). The molecule has 0 bridgehead atoms. The van der Waals surface area contributed by atoms with Crippen molar-refractivity contribution in [3.05, 3.63) is 65.5 Å². The van der Waals surface area contributed by atoms with Gasteiger partial charge in [-0.25, -0.2) is 0 Å². The number of carboxylic acids is 1. The Morgan fingerprint density at radius 3 is 2.09 bits per heavy atom. The lowest BCUT2D eigenvalue weighted by atomic mass is 9.97. The minimum Gasteiger partial charge on any atom is -0.481 e. The van der Waals surface area contributed by atoms with Gasteiger partial charge in [-0.15, -0.1) is 0 Å². The highest BCUT2D eigenvalue weighted by Crippen LogP contribution is 2.17. The minimum absolute atomic E-state index is 0.418. The standard InChI is InChI=1S/C13H18O2.C6H7N/c1-9(2)8-11-4-6-12(7-5-11)10(3)13(14)15;1-6-4-2-3-5-7-6/h4-7,9-10H,8H2,1-3H3,(H,14,15);2-5H,1H3. The van der Waals surface area contributed by atoms with Gasteiger partial charge in [-0.05, 0) is 49.4 Å². The molecule has 0 aliphatic heterocycles. The van der Waals surface area contributed by atoms with Gasteiger partial charge in [-0.1, -0.05) is 44.2 Å². The van der Waals surface area contributed by atoms with Crippen LogP contribution < -0.4 is 0 Å². The van der Waals surface area contributed by atoms with E-state index in [4.69, 9.17) is 5.11 Å². The summed E-state index contributed by atoms with van der Waals surface area (Å²) in [7, 11) is 0. The Morgan fingerprint density at radius 1 is 1.09 bits per heavy atom. The van der Waals surface area contributed by atoms with Gasteiger partial charge in [-0.2, -0.15) is 0 Å². The Labute approximate surface area is 133 Å². The quantitative estimate of drug-likeness (QED) is 0.906. The molecule has 0 fully saturated rings. The molecule has 0 aliphatic rings. The summed E-state index contributed by atoms with van der Waals surface area (Å²) < 4.78 is 0. The number of carbonyl (C=O) groups is 1. The molecule has 3 heteroatoms. The maximum Gasteiger partial charge on any atom is 0.310 e. The second-order valence-electron chi connectivity index (χ2n) is 5.87. The van der Waals surface area contributed by atoms with E-state index in [1.165, 1.54) is 5.56 Å². The molecule has 1 unspecified atom stereocenters. The van der Waals surface area contributed by atoms with Crippen molar-refractivity contribution in [1.29, 1.82) is 0 Å². The van der Waals surface area contributed by atoms with Crippen LogP contribution in [0.1, 0.15) is 43.5 Å². The van der Waals surface area contributed by atoms with E-state index in [0.717, 1.165) is 17.7 Å². The first-order chi connectivity index (χ1) is 10.4. The first kappa shape index (κ1) is 17.9. The van der Waals surface area contributed by atoms with Crippen molar-refractivity contribution >= 4 is 5.97 Å². The molecule has 0 aliphatic carbocycles. The molecule has 0 spiro atoms. The number of benzene rings is 1. The predicted octanol–water partition coefficient (Wildman–Crippen LogP) is 4.46. The van der Waals surface area contributed by atoms with Gasteiger partial charge in [0.25, 0.3) is 0 Å². The van der Waals surface area contributed by atoms with Gasteiger partial charge in [0, 0.05) is 11.9 Å². The van der Waals surface area contributed by atoms with Crippen LogP contribution in [0.4, 0.5) is 0 Å². The van der Waals surface area contributed by atoms with Crippen LogP contribution in [0.3, 0.4) is 0 Å². The summed E-state index contributed by atoms with van der Waals surface area (Å²) in [5.74, 6) is -0.558. The molecule has 1 heterocycles. The zero-order valence-electron chi connectivity index (χ0n) is 13.8. The van der Waals surface area contributed by atoms with Crippen LogP contribution in [0.2, 0.25) is 0 Å². The highest BCUT2D eigenvalue weighted by atomic mass is 16.4. The summed E-state index contributed by atoms with van der Waals surface area (Å²) in [6, 6.07) is 13.7. The molecule has 1 aromatic heterocycles. The number of pyridine rings is 1. The summed E-state index contributed by atoms with van der Waals surface area (Å²) >= 11 is 0. The smallest absolute Gasteiger partial charge is 0.310 e. The molecule has 0 saturated heterocycles. The summed E-state index contributed by atoms with van der Waals surface area (Å²) in [4.78, 5) is 14.7. The number of hydrogen-bond donors (Lipinski definition) is 1. The SMILES string of the molecule is CC(C)Cc1ccc(C(C)C(=O)O)cc1.Cc1ccccn1. The normalized spacial score (nSPS) is 11.5. The Morgan fingerprint density at radius 2 is 1.73 bits per heavy atom. The first-order valence-electron chi connectivity index (χ1n) is 7.59. The van der Waals surface area contributed by atoms with Crippen LogP contribution >= 0.6 is 0 Å². The second-order valence-corrected chi connectivity index (χ2v) is 5.87.